The molecule has 0 atom stereocenters. The summed E-state index contributed by atoms with van der Waals surface area (Å²) in [6.07, 6.45) is 4.56. The zero-order chi connectivity index (χ0) is 24.0. The van der Waals surface area contributed by atoms with Crippen LogP contribution in [0.3, 0.4) is 0 Å². The SMILES string of the molecule is c1ccc(SCCc2ccc(CCSCCc3ccc(CCSc4ccccc4)cc3)cc2)cc1. The number of hydrogen-bond donors (Lipinski definition) is 0. The summed E-state index contributed by atoms with van der Waals surface area (Å²) >= 11 is 5.94. The highest BCUT2D eigenvalue weighted by atomic mass is 32.2. The Morgan fingerprint density at radius 1 is 0.343 bits per heavy atom. The maximum absolute atomic E-state index is 2.32. The fourth-order valence-electron chi connectivity index (χ4n) is 3.83. The molecule has 0 saturated carbocycles. The molecule has 0 aliphatic carbocycles. The highest BCUT2D eigenvalue weighted by molar-refractivity contribution is 7.99. The van der Waals surface area contributed by atoms with Crippen molar-refractivity contribution in [2.75, 3.05) is 23.0 Å². The average molecular weight is 515 g/mol. The van der Waals surface area contributed by atoms with E-state index in [-0.39, 0.29) is 0 Å². The van der Waals surface area contributed by atoms with E-state index in [4.69, 9.17) is 0 Å². The van der Waals surface area contributed by atoms with Crippen LogP contribution in [0.15, 0.2) is 119 Å². The smallest absolute Gasteiger partial charge is 0.00720 e. The molecule has 0 N–H and O–H groups in total. The summed E-state index contributed by atoms with van der Waals surface area (Å²) in [4.78, 5) is 2.71. The van der Waals surface area contributed by atoms with E-state index in [1.807, 2.05) is 23.5 Å². The molecule has 0 saturated heterocycles. The van der Waals surface area contributed by atoms with Crippen LogP contribution in [-0.2, 0) is 25.7 Å². The summed E-state index contributed by atoms with van der Waals surface area (Å²) in [5, 5.41) is 0. The van der Waals surface area contributed by atoms with Crippen molar-refractivity contribution in [3.05, 3.63) is 131 Å². The van der Waals surface area contributed by atoms with E-state index in [0.717, 1.165) is 37.2 Å². The highest BCUT2D eigenvalue weighted by Gasteiger charge is 2.00. The minimum absolute atomic E-state index is 1.12. The van der Waals surface area contributed by atoms with Gasteiger partial charge in [-0.15, -0.1) is 23.5 Å². The summed E-state index contributed by atoms with van der Waals surface area (Å²) in [5.41, 5.74) is 5.78. The quantitative estimate of drug-likeness (QED) is 0.122. The predicted octanol–water partition coefficient (Wildman–Crippen LogP) is 8.87. The van der Waals surface area contributed by atoms with Gasteiger partial charge in [-0.2, -0.15) is 11.8 Å². The standard InChI is InChI=1S/C32H34S3/c1-3-7-31(8-4-1)34-25-21-29-15-11-27(12-16-29)19-23-33-24-20-28-13-17-30(18-14-28)22-26-35-32-9-5-2-6-10-32/h1-18H,19-26H2. The summed E-state index contributed by atoms with van der Waals surface area (Å²) in [6.45, 7) is 0. The van der Waals surface area contributed by atoms with Crippen LogP contribution in [0.25, 0.3) is 0 Å². The van der Waals surface area contributed by atoms with Crippen molar-refractivity contribution in [3.63, 3.8) is 0 Å². The molecule has 0 amide bonds. The topological polar surface area (TPSA) is 0 Å². The van der Waals surface area contributed by atoms with Crippen LogP contribution in [0.2, 0.25) is 0 Å². The van der Waals surface area contributed by atoms with Crippen LogP contribution in [-0.4, -0.2) is 23.0 Å². The second kappa shape index (κ2) is 15.1. The van der Waals surface area contributed by atoms with Crippen molar-refractivity contribution in [2.45, 2.75) is 35.5 Å². The van der Waals surface area contributed by atoms with Gasteiger partial charge in [-0.05, 0) is 83.7 Å². The zero-order valence-corrected chi connectivity index (χ0v) is 22.7. The fraction of sp³-hybridized carbons (Fsp3) is 0.250. The lowest BCUT2D eigenvalue weighted by atomic mass is 10.1. The van der Waals surface area contributed by atoms with Crippen LogP contribution < -0.4 is 0 Å². The first-order valence-electron chi connectivity index (χ1n) is 12.4. The average Bonchev–Trinajstić information content (AvgIpc) is 2.91. The molecule has 0 nitrogen and oxygen atoms in total. The molecular formula is C32H34S3. The molecule has 0 radical (unpaired) electrons. The Bertz CT molecular complexity index is 1000. The van der Waals surface area contributed by atoms with Crippen LogP contribution in [0.5, 0.6) is 0 Å². The van der Waals surface area contributed by atoms with E-state index in [1.54, 1.807) is 0 Å². The maximum atomic E-state index is 2.32. The Morgan fingerprint density at radius 3 is 1.00 bits per heavy atom. The second-order valence-corrected chi connectivity index (χ2v) is 12.1. The van der Waals surface area contributed by atoms with Gasteiger partial charge in [0, 0.05) is 21.3 Å². The molecule has 0 aliphatic heterocycles. The molecule has 4 rings (SSSR count). The summed E-state index contributed by atoms with van der Waals surface area (Å²) < 4.78 is 0. The minimum Gasteiger partial charge on any atom is -0.161 e. The summed E-state index contributed by atoms with van der Waals surface area (Å²) in [7, 11) is 0. The molecule has 0 spiro atoms. The molecule has 0 unspecified atom stereocenters. The van der Waals surface area contributed by atoms with Crippen LogP contribution in [0.4, 0.5) is 0 Å². The number of aryl methyl sites for hydroxylation is 4. The van der Waals surface area contributed by atoms with Gasteiger partial charge in [0.1, 0.15) is 0 Å². The molecule has 4 aromatic carbocycles. The molecule has 0 fully saturated rings. The Balaban J connectivity index is 1.07. The molecule has 4 aromatic rings. The van der Waals surface area contributed by atoms with Crippen molar-refractivity contribution in [2.24, 2.45) is 0 Å². The Kier molecular flexibility index (Phi) is 11.2. The highest BCUT2D eigenvalue weighted by Crippen LogP contribution is 2.20. The molecule has 0 bridgehead atoms. The first-order chi connectivity index (χ1) is 17.3. The number of hydrogen-bond acceptors (Lipinski definition) is 3. The van der Waals surface area contributed by atoms with Crippen LogP contribution in [0.1, 0.15) is 22.3 Å². The third kappa shape index (κ3) is 9.83. The third-order valence-electron chi connectivity index (χ3n) is 5.92. The molecule has 3 heteroatoms. The normalized spacial score (nSPS) is 11.0. The van der Waals surface area contributed by atoms with Gasteiger partial charge in [0.05, 0.1) is 0 Å². The van der Waals surface area contributed by atoms with Crippen molar-refractivity contribution in [1.82, 2.24) is 0 Å². The van der Waals surface area contributed by atoms with Gasteiger partial charge < -0.3 is 0 Å². The first kappa shape index (κ1) is 26.0. The van der Waals surface area contributed by atoms with Gasteiger partial charge >= 0.3 is 0 Å². The van der Waals surface area contributed by atoms with Gasteiger partial charge in [-0.25, -0.2) is 0 Å². The van der Waals surface area contributed by atoms with Gasteiger partial charge in [0.15, 0.2) is 0 Å². The Hall–Kier alpha value is -2.07. The van der Waals surface area contributed by atoms with E-state index in [2.05, 4.69) is 121 Å². The zero-order valence-electron chi connectivity index (χ0n) is 20.3. The molecule has 35 heavy (non-hydrogen) atoms. The number of benzene rings is 4. The van der Waals surface area contributed by atoms with E-state index in [1.165, 1.54) is 43.6 Å². The minimum atomic E-state index is 1.12. The lowest BCUT2D eigenvalue weighted by molar-refractivity contribution is 1.10. The van der Waals surface area contributed by atoms with Crippen LogP contribution in [0, 0.1) is 0 Å². The monoisotopic (exact) mass is 514 g/mol. The molecule has 0 aliphatic rings. The number of thioether (sulfide) groups is 3. The molecule has 0 aromatic heterocycles. The maximum Gasteiger partial charge on any atom is 0.00720 e. The van der Waals surface area contributed by atoms with E-state index in [0.29, 0.717) is 0 Å². The first-order valence-corrected chi connectivity index (χ1v) is 15.6. The van der Waals surface area contributed by atoms with Crippen LogP contribution >= 0.6 is 35.3 Å². The Morgan fingerprint density at radius 2 is 0.657 bits per heavy atom. The predicted molar refractivity (Wildman–Crippen MR) is 159 cm³/mol. The van der Waals surface area contributed by atoms with E-state index >= 15 is 0 Å². The number of rotatable bonds is 14. The fourth-order valence-corrected chi connectivity index (χ4v) is 6.64. The Labute approximate surface area is 224 Å². The largest absolute Gasteiger partial charge is 0.161 e. The van der Waals surface area contributed by atoms with E-state index < -0.39 is 0 Å². The lowest BCUT2D eigenvalue weighted by Crippen LogP contribution is -1.95. The van der Waals surface area contributed by atoms with Gasteiger partial charge in [-0.1, -0.05) is 84.9 Å². The molecule has 0 heterocycles. The van der Waals surface area contributed by atoms with Gasteiger partial charge in [0.2, 0.25) is 0 Å². The van der Waals surface area contributed by atoms with E-state index in [9.17, 15) is 0 Å². The molecule has 180 valence electrons. The summed E-state index contributed by atoms with van der Waals surface area (Å²) in [5.74, 6) is 4.65. The van der Waals surface area contributed by atoms with Crippen molar-refractivity contribution >= 4 is 35.3 Å². The van der Waals surface area contributed by atoms with Crippen molar-refractivity contribution in [3.8, 4) is 0 Å². The molecular weight excluding hydrogens is 481 g/mol. The van der Waals surface area contributed by atoms with Crippen molar-refractivity contribution in [1.29, 1.82) is 0 Å². The van der Waals surface area contributed by atoms with Crippen molar-refractivity contribution < 1.29 is 0 Å². The lowest BCUT2D eigenvalue weighted by Gasteiger charge is -2.06. The third-order valence-corrected chi connectivity index (χ3v) is 8.93. The second-order valence-electron chi connectivity index (χ2n) is 8.57. The van der Waals surface area contributed by atoms with Gasteiger partial charge in [0.25, 0.3) is 0 Å². The van der Waals surface area contributed by atoms with Gasteiger partial charge in [-0.3, -0.25) is 0 Å². The summed E-state index contributed by atoms with van der Waals surface area (Å²) in [6, 6.07) is 39.9.